The van der Waals surface area contributed by atoms with Crippen LogP contribution in [0.4, 0.5) is 11.9 Å². The van der Waals surface area contributed by atoms with Crippen molar-refractivity contribution in [3.63, 3.8) is 0 Å². The lowest BCUT2D eigenvalue weighted by Crippen LogP contribution is -2.05. The molecule has 2 aromatic heterocycles. The summed E-state index contributed by atoms with van der Waals surface area (Å²) in [6.07, 6.45) is 0. The largest absolute Gasteiger partial charge is 0.293 e. The maximum absolute atomic E-state index is 4.61. The topological polar surface area (TPSA) is 63.6 Å². The van der Waals surface area contributed by atoms with Gasteiger partial charge in [-0.2, -0.15) is 0 Å². The maximum Gasteiger partial charge on any atom is 0.230 e. The van der Waals surface area contributed by atoms with Gasteiger partial charge in [-0.05, 0) is 57.9 Å². The van der Waals surface area contributed by atoms with Crippen molar-refractivity contribution >= 4 is 22.8 Å². The zero-order chi connectivity index (χ0) is 15.9. The Labute approximate surface area is 129 Å². The zero-order valence-electron chi connectivity index (χ0n) is 13.5. The number of nitrogens with one attached hydrogen (secondary N) is 1. The third kappa shape index (κ3) is 2.74. The molecule has 3 aromatic rings. The quantitative estimate of drug-likeness (QED) is 0.780. The molecule has 1 N–H and O–H groups in total. The van der Waals surface area contributed by atoms with Crippen molar-refractivity contribution in [3.8, 4) is 0 Å². The van der Waals surface area contributed by atoms with E-state index in [2.05, 4.69) is 51.2 Å². The van der Waals surface area contributed by atoms with Crippen LogP contribution in [0.25, 0.3) is 10.9 Å². The van der Waals surface area contributed by atoms with E-state index in [1.165, 1.54) is 11.1 Å². The number of aromatic nitrogens is 4. The van der Waals surface area contributed by atoms with Gasteiger partial charge < -0.3 is 0 Å². The second-order valence-corrected chi connectivity index (χ2v) is 5.71. The van der Waals surface area contributed by atoms with Gasteiger partial charge in [-0.3, -0.25) is 5.32 Å². The van der Waals surface area contributed by atoms with Crippen LogP contribution >= 0.6 is 0 Å². The third-order valence-corrected chi connectivity index (χ3v) is 3.53. The van der Waals surface area contributed by atoms with Crippen molar-refractivity contribution in [2.45, 2.75) is 34.6 Å². The van der Waals surface area contributed by atoms with E-state index in [-0.39, 0.29) is 0 Å². The van der Waals surface area contributed by atoms with Crippen molar-refractivity contribution in [1.82, 2.24) is 19.9 Å². The molecule has 1 aromatic carbocycles. The molecule has 0 amide bonds. The zero-order valence-corrected chi connectivity index (χ0v) is 13.5. The van der Waals surface area contributed by atoms with Gasteiger partial charge in [-0.25, -0.2) is 19.9 Å². The van der Waals surface area contributed by atoms with Crippen molar-refractivity contribution in [2.75, 3.05) is 5.32 Å². The Hall–Kier alpha value is -2.56. The van der Waals surface area contributed by atoms with E-state index < -0.39 is 0 Å². The standard InChI is InChI=1S/C17H19N5/c1-9-6-10(2)15-13(5)20-17(21-14(15)7-9)22-16-18-11(3)8-12(4)19-16/h6-8H,1-5H3,(H,18,19,20,21,22). The number of hydrogen-bond donors (Lipinski definition) is 1. The number of fused-ring (bicyclic) bond motifs is 1. The van der Waals surface area contributed by atoms with Gasteiger partial charge in [-0.1, -0.05) is 6.07 Å². The van der Waals surface area contributed by atoms with Gasteiger partial charge >= 0.3 is 0 Å². The number of anilines is 2. The lowest BCUT2D eigenvalue weighted by atomic mass is 10.1. The van der Waals surface area contributed by atoms with Crippen LogP contribution in [0.5, 0.6) is 0 Å². The molecule has 0 atom stereocenters. The summed E-state index contributed by atoms with van der Waals surface area (Å²) in [4.78, 5) is 17.9. The summed E-state index contributed by atoms with van der Waals surface area (Å²) >= 11 is 0. The van der Waals surface area contributed by atoms with Crippen molar-refractivity contribution in [2.24, 2.45) is 0 Å². The summed E-state index contributed by atoms with van der Waals surface area (Å²) in [5.74, 6) is 1.06. The molecule has 2 heterocycles. The Bertz CT molecular complexity index is 850. The number of hydrogen-bond acceptors (Lipinski definition) is 5. The second-order valence-electron chi connectivity index (χ2n) is 5.71. The molecule has 112 valence electrons. The molecule has 0 saturated carbocycles. The Morgan fingerprint density at radius 3 is 2.05 bits per heavy atom. The molecule has 0 fully saturated rings. The van der Waals surface area contributed by atoms with Gasteiger partial charge in [0.15, 0.2) is 0 Å². The van der Waals surface area contributed by atoms with Crippen LogP contribution in [-0.4, -0.2) is 19.9 Å². The highest BCUT2D eigenvalue weighted by Crippen LogP contribution is 2.23. The number of aryl methyl sites for hydroxylation is 5. The average molecular weight is 293 g/mol. The van der Waals surface area contributed by atoms with Gasteiger partial charge in [0.1, 0.15) is 0 Å². The van der Waals surface area contributed by atoms with Gasteiger partial charge in [0.2, 0.25) is 11.9 Å². The minimum atomic E-state index is 0.528. The molecule has 0 bridgehead atoms. The van der Waals surface area contributed by atoms with E-state index in [0.29, 0.717) is 11.9 Å². The Balaban J connectivity index is 2.08. The highest BCUT2D eigenvalue weighted by Gasteiger charge is 2.09. The highest BCUT2D eigenvalue weighted by molar-refractivity contribution is 5.86. The normalized spacial score (nSPS) is 11.0. The molecule has 0 unspecified atom stereocenters. The minimum absolute atomic E-state index is 0.528. The first kappa shape index (κ1) is 14.4. The molecule has 3 rings (SSSR count). The Morgan fingerprint density at radius 2 is 1.36 bits per heavy atom. The highest BCUT2D eigenvalue weighted by atomic mass is 15.2. The van der Waals surface area contributed by atoms with Crippen LogP contribution in [0.2, 0.25) is 0 Å². The van der Waals surface area contributed by atoms with E-state index in [4.69, 9.17) is 0 Å². The SMILES string of the molecule is Cc1cc(C)c2c(C)nc(Nc3nc(C)cc(C)n3)nc2c1. The summed E-state index contributed by atoms with van der Waals surface area (Å²) in [7, 11) is 0. The van der Waals surface area contributed by atoms with Gasteiger partial charge in [0, 0.05) is 16.8 Å². The molecular formula is C17H19N5. The van der Waals surface area contributed by atoms with Crippen LogP contribution in [0, 0.1) is 34.6 Å². The third-order valence-electron chi connectivity index (χ3n) is 3.53. The molecule has 0 aliphatic rings. The van der Waals surface area contributed by atoms with E-state index in [1.807, 2.05) is 26.8 Å². The molecule has 22 heavy (non-hydrogen) atoms. The van der Waals surface area contributed by atoms with Crippen LogP contribution in [-0.2, 0) is 0 Å². The van der Waals surface area contributed by atoms with Crippen LogP contribution in [0.1, 0.15) is 28.2 Å². The molecular weight excluding hydrogens is 274 g/mol. The fourth-order valence-corrected chi connectivity index (χ4v) is 2.80. The smallest absolute Gasteiger partial charge is 0.230 e. The molecule has 0 spiro atoms. The summed E-state index contributed by atoms with van der Waals surface area (Å²) in [5.41, 5.74) is 6.11. The maximum atomic E-state index is 4.61. The second kappa shape index (κ2) is 5.33. The number of benzene rings is 1. The number of rotatable bonds is 2. The van der Waals surface area contributed by atoms with E-state index in [0.717, 1.165) is 28.0 Å². The molecule has 5 heteroatoms. The van der Waals surface area contributed by atoms with Crippen molar-refractivity contribution < 1.29 is 0 Å². The predicted octanol–water partition coefficient (Wildman–Crippen LogP) is 3.71. The van der Waals surface area contributed by atoms with Gasteiger partial charge in [-0.15, -0.1) is 0 Å². The van der Waals surface area contributed by atoms with Crippen LogP contribution in [0.15, 0.2) is 18.2 Å². The number of nitrogens with zero attached hydrogens (tertiary/aromatic N) is 4. The van der Waals surface area contributed by atoms with E-state index in [9.17, 15) is 0 Å². The van der Waals surface area contributed by atoms with Gasteiger partial charge in [0.05, 0.1) is 11.2 Å². The lowest BCUT2D eigenvalue weighted by Gasteiger charge is -2.10. The lowest BCUT2D eigenvalue weighted by molar-refractivity contribution is 1.04. The molecule has 0 radical (unpaired) electrons. The summed E-state index contributed by atoms with van der Waals surface area (Å²) in [5, 5.41) is 4.22. The van der Waals surface area contributed by atoms with Gasteiger partial charge in [0.25, 0.3) is 0 Å². The van der Waals surface area contributed by atoms with E-state index in [1.54, 1.807) is 0 Å². The molecule has 0 aliphatic heterocycles. The predicted molar refractivity (Wildman–Crippen MR) is 88.5 cm³/mol. The van der Waals surface area contributed by atoms with Crippen molar-refractivity contribution in [1.29, 1.82) is 0 Å². The van der Waals surface area contributed by atoms with Crippen molar-refractivity contribution in [3.05, 3.63) is 46.4 Å². The summed E-state index contributed by atoms with van der Waals surface area (Å²) in [6.45, 7) is 10.0. The Morgan fingerprint density at radius 1 is 0.727 bits per heavy atom. The summed E-state index contributed by atoms with van der Waals surface area (Å²) in [6, 6.07) is 6.16. The molecule has 5 nitrogen and oxygen atoms in total. The Kier molecular flexibility index (Phi) is 3.48. The van der Waals surface area contributed by atoms with E-state index >= 15 is 0 Å². The first-order chi connectivity index (χ1) is 10.4. The minimum Gasteiger partial charge on any atom is -0.293 e. The average Bonchev–Trinajstić information content (AvgIpc) is 2.35. The summed E-state index contributed by atoms with van der Waals surface area (Å²) < 4.78 is 0. The van der Waals surface area contributed by atoms with Crippen LogP contribution in [0.3, 0.4) is 0 Å². The fourth-order valence-electron chi connectivity index (χ4n) is 2.80. The monoisotopic (exact) mass is 293 g/mol. The first-order valence-electron chi connectivity index (χ1n) is 7.27. The molecule has 0 saturated heterocycles. The van der Waals surface area contributed by atoms with Crippen LogP contribution < -0.4 is 5.32 Å². The first-order valence-corrected chi connectivity index (χ1v) is 7.27. The fraction of sp³-hybridized carbons (Fsp3) is 0.294. The molecule has 0 aliphatic carbocycles.